The van der Waals surface area contributed by atoms with Crippen LogP contribution < -0.4 is 0 Å². The summed E-state index contributed by atoms with van der Waals surface area (Å²) in [6.45, 7) is 8.39. The third-order valence-electron chi connectivity index (χ3n) is 10.3. The maximum atomic E-state index is 12.4. The van der Waals surface area contributed by atoms with Gasteiger partial charge in [0.25, 0.3) is 0 Å². The number of carbonyl (C=O) groups excluding carboxylic acids is 2. The molecule has 0 N–H and O–H groups in total. The minimum atomic E-state index is -0.647. The highest BCUT2D eigenvalue weighted by molar-refractivity contribution is 5.77. The molecule has 0 aromatic heterocycles. The molecule has 4 aromatic carbocycles. The zero-order valence-electron chi connectivity index (χ0n) is 33.1. The number of hydrogen-bond acceptors (Lipinski definition) is 5. The third kappa shape index (κ3) is 11.9. The number of aryl methyl sites for hydroxylation is 1. The summed E-state index contributed by atoms with van der Waals surface area (Å²) in [6, 6.07) is 38.4. The van der Waals surface area contributed by atoms with E-state index >= 15 is 0 Å². The van der Waals surface area contributed by atoms with E-state index in [1.165, 1.54) is 58.3 Å². The molecular formula is C48H62O5. The zero-order valence-corrected chi connectivity index (χ0v) is 33.1. The largest absolute Gasteiger partial charge is 0.469 e. The molecule has 0 saturated carbocycles. The molecule has 0 heterocycles. The first kappa shape index (κ1) is 41.5. The first-order valence-corrected chi connectivity index (χ1v) is 19.6. The van der Waals surface area contributed by atoms with Crippen molar-refractivity contribution in [1.29, 1.82) is 0 Å². The van der Waals surface area contributed by atoms with Gasteiger partial charge in [0.05, 0.1) is 25.0 Å². The number of hydrogen-bond donors (Lipinski definition) is 0. The van der Waals surface area contributed by atoms with E-state index in [4.69, 9.17) is 14.2 Å². The van der Waals surface area contributed by atoms with Crippen LogP contribution in [-0.4, -0.2) is 32.8 Å². The van der Waals surface area contributed by atoms with Gasteiger partial charge >= 0.3 is 11.9 Å². The Morgan fingerprint density at radius 2 is 0.811 bits per heavy atom. The molecule has 0 aliphatic rings. The van der Waals surface area contributed by atoms with Crippen LogP contribution in [0.4, 0.5) is 0 Å². The van der Waals surface area contributed by atoms with Crippen molar-refractivity contribution in [3.8, 4) is 0 Å². The third-order valence-corrected chi connectivity index (χ3v) is 10.3. The predicted molar refractivity (Wildman–Crippen MR) is 216 cm³/mol. The lowest BCUT2D eigenvalue weighted by Gasteiger charge is -2.36. The first-order valence-electron chi connectivity index (χ1n) is 19.6. The number of unbranched alkanes of at least 4 members (excludes halogenated alkanes) is 8. The molecule has 0 fully saturated rings. The van der Waals surface area contributed by atoms with Gasteiger partial charge in [-0.2, -0.15) is 0 Å². The average molecular weight is 719 g/mol. The Labute approximate surface area is 319 Å². The molecular weight excluding hydrogens is 657 g/mol. The van der Waals surface area contributed by atoms with E-state index in [0.717, 1.165) is 53.5 Å². The molecule has 0 atom stereocenters. The summed E-state index contributed by atoms with van der Waals surface area (Å²) < 4.78 is 17.1. The lowest BCUT2D eigenvalue weighted by Crippen LogP contribution is -2.33. The van der Waals surface area contributed by atoms with Gasteiger partial charge in [-0.1, -0.05) is 154 Å². The Kier molecular flexibility index (Phi) is 15.9. The topological polar surface area (TPSA) is 61.8 Å². The summed E-state index contributed by atoms with van der Waals surface area (Å²) in [7, 11) is 2.88. The maximum absolute atomic E-state index is 12.4. The predicted octanol–water partition coefficient (Wildman–Crippen LogP) is 11.2. The summed E-state index contributed by atoms with van der Waals surface area (Å²) in [6.07, 6.45) is 12.9. The van der Waals surface area contributed by atoms with E-state index in [0.29, 0.717) is 19.4 Å². The fourth-order valence-corrected chi connectivity index (χ4v) is 7.57. The highest BCUT2D eigenvalue weighted by Gasteiger charge is 2.37. The number of esters is 2. The van der Waals surface area contributed by atoms with Crippen molar-refractivity contribution in [2.24, 2.45) is 10.8 Å². The van der Waals surface area contributed by atoms with Gasteiger partial charge in [-0.05, 0) is 93.2 Å². The van der Waals surface area contributed by atoms with Crippen molar-refractivity contribution in [1.82, 2.24) is 0 Å². The van der Waals surface area contributed by atoms with E-state index in [9.17, 15) is 9.59 Å². The van der Waals surface area contributed by atoms with Crippen LogP contribution in [0.15, 0.2) is 109 Å². The summed E-state index contributed by atoms with van der Waals surface area (Å²) in [4.78, 5) is 24.9. The lowest BCUT2D eigenvalue weighted by molar-refractivity contribution is -0.151. The molecule has 0 radical (unpaired) electrons. The maximum Gasteiger partial charge on any atom is 0.311 e. The van der Waals surface area contributed by atoms with Gasteiger partial charge in [0.2, 0.25) is 0 Å². The fourth-order valence-electron chi connectivity index (χ4n) is 7.57. The van der Waals surface area contributed by atoms with Gasteiger partial charge in [0.15, 0.2) is 0 Å². The minimum Gasteiger partial charge on any atom is -0.469 e. The molecule has 0 bridgehead atoms. The van der Waals surface area contributed by atoms with E-state index in [-0.39, 0.29) is 11.9 Å². The van der Waals surface area contributed by atoms with Crippen LogP contribution in [0.5, 0.6) is 0 Å². The number of methoxy groups -OCH3 is 2. The Morgan fingerprint density at radius 1 is 0.472 bits per heavy atom. The molecule has 0 amide bonds. The van der Waals surface area contributed by atoms with Crippen molar-refractivity contribution < 1.29 is 23.8 Å². The van der Waals surface area contributed by atoms with Crippen LogP contribution in [0.2, 0.25) is 0 Å². The second kappa shape index (κ2) is 20.3. The van der Waals surface area contributed by atoms with Crippen molar-refractivity contribution >= 4 is 11.9 Å². The zero-order chi connectivity index (χ0) is 38.2. The Hall–Kier alpha value is -4.22. The molecule has 0 aliphatic carbocycles. The summed E-state index contributed by atoms with van der Waals surface area (Å²) in [5, 5.41) is 0. The van der Waals surface area contributed by atoms with Crippen LogP contribution in [0.3, 0.4) is 0 Å². The van der Waals surface area contributed by atoms with Crippen molar-refractivity contribution in [3.63, 3.8) is 0 Å². The van der Waals surface area contributed by atoms with Gasteiger partial charge in [-0.3, -0.25) is 9.59 Å². The smallest absolute Gasteiger partial charge is 0.311 e. The molecule has 5 heteroatoms. The number of rotatable bonds is 22. The van der Waals surface area contributed by atoms with E-state index in [2.05, 4.69) is 109 Å². The SMILES string of the molecule is COC(=O)C(C)(C)Cc1cc(CCCCCCCCCCCOC(c2ccccc2)(c2ccccc2)c2ccccc2)cc(CC(C)(C)C(=O)OC)c1. The molecule has 5 nitrogen and oxygen atoms in total. The summed E-state index contributed by atoms with van der Waals surface area (Å²) in [5.41, 5.74) is 5.00. The van der Waals surface area contributed by atoms with Crippen LogP contribution in [0.25, 0.3) is 0 Å². The van der Waals surface area contributed by atoms with Gasteiger partial charge in [0, 0.05) is 6.61 Å². The van der Waals surface area contributed by atoms with Crippen LogP contribution in [0, 0.1) is 10.8 Å². The first-order chi connectivity index (χ1) is 25.5. The standard InChI is InChI=1S/C48H62O5/c1-46(2,44(49)51-5)36-39-33-38(34-40(35-39)37-47(3,4)45(50)52-6)25-17-12-10-8-7-9-11-13-24-32-53-48(41-26-18-14-19-27-41,42-28-20-15-21-29-42)43-30-22-16-23-31-43/h14-16,18-23,26-31,33-35H,7-13,17,24-25,32,36-37H2,1-6H3. The Bertz CT molecular complexity index is 1530. The molecule has 4 aromatic rings. The Balaban J connectivity index is 1.23. The van der Waals surface area contributed by atoms with Gasteiger partial charge in [-0.15, -0.1) is 0 Å². The molecule has 0 aliphatic heterocycles. The highest BCUT2D eigenvalue weighted by atomic mass is 16.5. The molecule has 0 unspecified atom stereocenters. The molecule has 53 heavy (non-hydrogen) atoms. The minimum absolute atomic E-state index is 0.219. The van der Waals surface area contributed by atoms with Crippen molar-refractivity contribution in [3.05, 3.63) is 143 Å². The van der Waals surface area contributed by atoms with Gasteiger partial charge in [-0.25, -0.2) is 0 Å². The van der Waals surface area contributed by atoms with Crippen LogP contribution in [-0.2, 0) is 48.7 Å². The van der Waals surface area contributed by atoms with Crippen LogP contribution in [0.1, 0.15) is 119 Å². The summed E-state index contributed by atoms with van der Waals surface area (Å²) in [5.74, 6) is -0.437. The number of ether oxygens (including phenoxy) is 3. The molecule has 284 valence electrons. The van der Waals surface area contributed by atoms with Crippen LogP contribution >= 0.6 is 0 Å². The van der Waals surface area contributed by atoms with E-state index < -0.39 is 16.4 Å². The number of carbonyl (C=O) groups is 2. The van der Waals surface area contributed by atoms with Crippen molar-refractivity contribution in [2.75, 3.05) is 20.8 Å². The lowest BCUT2D eigenvalue weighted by atomic mass is 9.80. The monoisotopic (exact) mass is 718 g/mol. The Morgan fingerprint density at radius 3 is 1.19 bits per heavy atom. The van der Waals surface area contributed by atoms with E-state index in [1.54, 1.807) is 0 Å². The summed E-state index contributed by atoms with van der Waals surface area (Å²) >= 11 is 0. The molecule has 4 rings (SSSR count). The second-order valence-corrected chi connectivity index (χ2v) is 15.8. The quantitative estimate of drug-likeness (QED) is 0.0460. The van der Waals surface area contributed by atoms with Gasteiger partial charge in [0.1, 0.15) is 5.60 Å². The van der Waals surface area contributed by atoms with Gasteiger partial charge < -0.3 is 14.2 Å². The van der Waals surface area contributed by atoms with Crippen molar-refractivity contribution in [2.45, 2.75) is 110 Å². The highest BCUT2D eigenvalue weighted by Crippen LogP contribution is 2.40. The second-order valence-electron chi connectivity index (χ2n) is 15.8. The fraction of sp³-hybridized carbons (Fsp3) is 0.458. The normalized spacial score (nSPS) is 12.0. The van der Waals surface area contributed by atoms with E-state index in [1.807, 2.05) is 27.7 Å². The average Bonchev–Trinajstić information content (AvgIpc) is 3.16. The molecule has 0 spiro atoms. The number of benzene rings is 4. The molecule has 0 saturated heterocycles.